The summed E-state index contributed by atoms with van der Waals surface area (Å²) >= 11 is 0. The lowest BCUT2D eigenvalue weighted by atomic mass is 10.2. The molecule has 0 radical (unpaired) electrons. The highest BCUT2D eigenvalue weighted by Gasteiger charge is 2.39. The third-order valence-electron chi connectivity index (χ3n) is 3.73. The van der Waals surface area contributed by atoms with Crippen molar-refractivity contribution in [3.05, 3.63) is 42.6 Å². The summed E-state index contributed by atoms with van der Waals surface area (Å²) in [4.78, 5) is 4.15. The summed E-state index contributed by atoms with van der Waals surface area (Å²) in [6.45, 7) is 0.526. The monoisotopic (exact) mass is 350 g/mol. The standard InChI is InChI=1S/C16H18N2O5S/c1-21-12-6-7-14(22-2)15(9-12)24(19,20)18-10-13(11-18)23-16-5-3-4-8-17-16/h3-9,13H,10-11H2,1-2H3. The van der Waals surface area contributed by atoms with Gasteiger partial charge in [0.2, 0.25) is 15.9 Å². The molecule has 0 aliphatic carbocycles. The SMILES string of the molecule is COc1ccc(OC)c(S(=O)(=O)N2CC(Oc3ccccn3)C2)c1. The number of nitrogens with zero attached hydrogens (tertiary/aromatic N) is 2. The van der Waals surface area contributed by atoms with Gasteiger partial charge in [0.25, 0.3) is 0 Å². The van der Waals surface area contributed by atoms with Gasteiger partial charge in [-0.25, -0.2) is 13.4 Å². The molecule has 0 N–H and O–H groups in total. The van der Waals surface area contributed by atoms with E-state index in [-0.39, 0.29) is 29.8 Å². The van der Waals surface area contributed by atoms with Crippen LogP contribution in [-0.4, -0.2) is 51.1 Å². The van der Waals surface area contributed by atoms with E-state index in [1.54, 1.807) is 30.5 Å². The van der Waals surface area contributed by atoms with Gasteiger partial charge in [-0.15, -0.1) is 0 Å². The van der Waals surface area contributed by atoms with Crippen molar-refractivity contribution in [2.45, 2.75) is 11.0 Å². The van der Waals surface area contributed by atoms with E-state index in [0.29, 0.717) is 11.6 Å². The molecule has 1 aliphatic heterocycles. The number of pyridine rings is 1. The molecular formula is C16H18N2O5S. The van der Waals surface area contributed by atoms with Gasteiger partial charge >= 0.3 is 0 Å². The van der Waals surface area contributed by atoms with Gasteiger partial charge in [0.15, 0.2) is 0 Å². The molecule has 8 heteroatoms. The Bertz CT molecular complexity index is 804. The highest BCUT2D eigenvalue weighted by atomic mass is 32.2. The van der Waals surface area contributed by atoms with E-state index in [2.05, 4.69) is 4.98 Å². The van der Waals surface area contributed by atoms with Gasteiger partial charge in [0.1, 0.15) is 22.5 Å². The maximum absolute atomic E-state index is 12.8. The number of rotatable bonds is 6. The van der Waals surface area contributed by atoms with Gasteiger partial charge in [0, 0.05) is 18.3 Å². The molecule has 0 spiro atoms. The Morgan fingerprint density at radius 2 is 1.92 bits per heavy atom. The minimum atomic E-state index is -3.67. The van der Waals surface area contributed by atoms with Crippen molar-refractivity contribution in [3.63, 3.8) is 0 Å². The molecule has 0 atom stereocenters. The number of ether oxygens (including phenoxy) is 3. The average molecular weight is 350 g/mol. The highest BCUT2D eigenvalue weighted by Crippen LogP contribution is 2.33. The summed E-state index contributed by atoms with van der Waals surface area (Å²) in [5.41, 5.74) is 0. The normalized spacial score (nSPS) is 15.6. The molecule has 1 aromatic carbocycles. The zero-order chi connectivity index (χ0) is 17.2. The lowest BCUT2D eigenvalue weighted by Crippen LogP contribution is -2.56. The fourth-order valence-corrected chi connectivity index (χ4v) is 4.06. The molecule has 0 saturated carbocycles. The molecule has 0 bridgehead atoms. The van der Waals surface area contributed by atoms with Crippen molar-refractivity contribution in [2.24, 2.45) is 0 Å². The minimum Gasteiger partial charge on any atom is -0.497 e. The second-order valence-corrected chi connectivity index (χ2v) is 7.15. The Morgan fingerprint density at radius 1 is 1.12 bits per heavy atom. The van der Waals surface area contributed by atoms with E-state index in [1.807, 2.05) is 6.07 Å². The summed E-state index contributed by atoms with van der Waals surface area (Å²) in [5, 5.41) is 0. The molecule has 1 aromatic heterocycles. The van der Waals surface area contributed by atoms with Crippen molar-refractivity contribution in [1.29, 1.82) is 0 Å². The molecule has 0 unspecified atom stereocenters. The van der Waals surface area contributed by atoms with Crippen LogP contribution in [0.25, 0.3) is 0 Å². The molecule has 7 nitrogen and oxygen atoms in total. The third-order valence-corrected chi connectivity index (χ3v) is 5.58. The van der Waals surface area contributed by atoms with E-state index < -0.39 is 10.0 Å². The lowest BCUT2D eigenvalue weighted by Gasteiger charge is -2.37. The van der Waals surface area contributed by atoms with Crippen molar-refractivity contribution < 1.29 is 22.6 Å². The van der Waals surface area contributed by atoms with Crippen LogP contribution < -0.4 is 14.2 Å². The first-order valence-electron chi connectivity index (χ1n) is 7.34. The first-order chi connectivity index (χ1) is 11.5. The average Bonchev–Trinajstić information content (AvgIpc) is 2.57. The van der Waals surface area contributed by atoms with Crippen LogP contribution in [0.1, 0.15) is 0 Å². The van der Waals surface area contributed by atoms with E-state index in [0.717, 1.165) is 0 Å². The molecule has 2 aromatic rings. The lowest BCUT2D eigenvalue weighted by molar-refractivity contribution is 0.0720. The second kappa shape index (κ2) is 6.66. The summed E-state index contributed by atoms with van der Waals surface area (Å²) in [6, 6.07) is 10.0. The summed E-state index contributed by atoms with van der Waals surface area (Å²) in [5.74, 6) is 1.22. The molecule has 1 fully saturated rings. The van der Waals surface area contributed by atoms with Crippen LogP contribution in [-0.2, 0) is 10.0 Å². The summed E-state index contributed by atoms with van der Waals surface area (Å²) in [7, 11) is -0.756. The van der Waals surface area contributed by atoms with Crippen LogP contribution in [0.2, 0.25) is 0 Å². The summed E-state index contributed by atoms with van der Waals surface area (Å²) < 4.78 is 42.8. The predicted octanol–water partition coefficient (Wildman–Crippen LogP) is 1.55. The van der Waals surface area contributed by atoms with Crippen LogP contribution in [0.4, 0.5) is 0 Å². The first-order valence-corrected chi connectivity index (χ1v) is 8.78. The molecule has 24 heavy (non-hydrogen) atoms. The number of aromatic nitrogens is 1. The largest absolute Gasteiger partial charge is 0.497 e. The Labute approximate surface area is 140 Å². The van der Waals surface area contributed by atoms with Gasteiger partial charge in [-0.1, -0.05) is 6.07 Å². The Morgan fingerprint density at radius 3 is 2.54 bits per heavy atom. The topological polar surface area (TPSA) is 78.0 Å². The minimum absolute atomic E-state index is 0.0839. The van der Waals surface area contributed by atoms with Crippen LogP contribution in [0.15, 0.2) is 47.5 Å². The van der Waals surface area contributed by atoms with E-state index >= 15 is 0 Å². The number of hydrogen-bond donors (Lipinski definition) is 0. The quantitative estimate of drug-likeness (QED) is 0.787. The van der Waals surface area contributed by atoms with Crippen molar-refractivity contribution in [2.75, 3.05) is 27.3 Å². The second-order valence-electron chi connectivity index (χ2n) is 5.25. The maximum atomic E-state index is 12.8. The van der Waals surface area contributed by atoms with Crippen LogP contribution >= 0.6 is 0 Å². The molecule has 1 aliphatic rings. The highest BCUT2D eigenvalue weighted by molar-refractivity contribution is 7.89. The van der Waals surface area contributed by atoms with Gasteiger partial charge in [0.05, 0.1) is 27.3 Å². The molecule has 0 amide bonds. The van der Waals surface area contributed by atoms with E-state index in [1.165, 1.54) is 24.6 Å². The molecule has 128 valence electrons. The fourth-order valence-electron chi connectivity index (χ4n) is 2.38. The van der Waals surface area contributed by atoms with Crippen molar-refractivity contribution in [3.8, 4) is 17.4 Å². The first kappa shape index (κ1) is 16.5. The van der Waals surface area contributed by atoms with E-state index in [9.17, 15) is 8.42 Å². The van der Waals surface area contributed by atoms with Crippen LogP contribution in [0.5, 0.6) is 17.4 Å². The Balaban J connectivity index is 1.74. The zero-order valence-corrected chi connectivity index (χ0v) is 14.2. The van der Waals surface area contributed by atoms with Crippen LogP contribution in [0.3, 0.4) is 0 Å². The maximum Gasteiger partial charge on any atom is 0.247 e. The van der Waals surface area contributed by atoms with Gasteiger partial charge in [-0.05, 0) is 18.2 Å². The van der Waals surface area contributed by atoms with E-state index in [4.69, 9.17) is 14.2 Å². The number of hydrogen-bond acceptors (Lipinski definition) is 6. The van der Waals surface area contributed by atoms with Crippen molar-refractivity contribution >= 4 is 10.0 Å². The van der Waals surface area contributed by atoms with Gasteiger partial charge in [-0.2, -0.15) is 4.31 Å². The molecular weight excluding hydrogens is 332 g/mol. The fraction of sp³-hybridized carbons (Fsp3) is 0.312. The predicted molar refractivity (Wildman–Crippen MR) is 87.0 cm³/mol. The van der Waals surface area contributed by atoms with Gasteiger partial charge < -0.3 is 14.2 Å². The summed E-state index contributed by atoms with van der Waals surface area (Å²) in [6.07, 6.45) is 1.41. The zero-order valence-electron chi connectivity index (χ0n) is 13.4. The smallest absolute Gasteiger partial charge is 0.247 e. The molecule has 1 saturated heterocycles. The molecule has 3 rings (SSSR count). The number of sulfonamides is 1. The Kier molecular flexibility index (Phi) is 4.59. The number of benzene rings is 1. The van der Waals surface area contributed by atoms with Gasteiger partial charge in [-0.3, -0.25) is 0 Å². The third kappa shape index (κ3) is 3.15. The molecule has 2 heterocycles. The Hall–Kier alpha value is -2.32. The van der Waals surface area contributed by atoms with Crippen LogP contribution in [0, 0.1) is 0 Å². The van der Waals surface area contributed by atoms with Crippen molar-refractivity contribution in [1.82, 2.24) is 9.29 Å². The number of methoxy groups -OCH3 is 2.